The largest absolute Gasteiger partial charge is 0.469 e. The molecule has 2 aromatic heterocycles. The summed E-state index contributed by atoms with van der Waals surface area (Å²) in [5.74, 6) is 0.844. The van der Waals surface area contributed by atoms with Gasteiger partial charge in [-0.05, 0) is 37.5 Å². The van der Waals surface area contributed by atoms with Gasteiger partial charge in [0.15, 0.2) is 0 Å². The summed E-state index contributed by atoms with van der Waals surface area (Å²) < 4.78 is 5.25. The second-order valence-corrected chi connectivity index (χ2v) is 6.93. The molecule has 0 radical (unpaired) electrons. The van der Waals surface area contributed by atoms with Gasteiger partial charge in [0.2, 0.25) is 5.91 Å². The molecule has 0 saturated carbocycles. The molecule has 2 aliphatic heterocycles. The van der Waals surface area contributed by atoms with Gasteiger partial charge in [0.25, 0.3) is 5.91 Å². The van der Waals surface area contributed by atoms with Gasteiger partial charge in [0.1, 0.15) is 5.76 Å². The summed E-state index contributed by atoms with van der Waals surface area (Å²) in [5.41, 5.74) is 1.43. The van der Waals surface area contributed by atoms with Gasteiger partial charge in [-0.25, -0.2) is 0 Å². The fourth-order valence-corrected chi connectivity index (χ4v) is 4.18. The van der Waals surface area contributed by atoms with Crippen LogP contribution >= 0.6 is 0 Å². The predicted molar refractivity (Wildman–Crippen MR) is 91.1 cm³/mol. The van der Waals surface area contributed by atoms with Crippen LogP contribution in [-0.4, -0.2) is 40.3 Å². The van der Waals surface area contributed by atoms with Crippen molar-refractivity contribution in [3.05, 3.63) is 53.7 Å². The summed E-state index contributed by atoms with van der Waals surface area (Å²) in [6.45, 7) is 3.05. The molecule has 6 heteroatoms. The average Bonchev–Trinajstić information content (AvgIpc) is 3.19. The average molecular weight is 339 g/mol. The Morgan fingerprint density at radius 2 is 2.16 bits per heavy atom. The summed E-state index contributed by atoms with van der Waals surface area (Å²) in [6, 6.07) is 5.66. The van der Waals surface area contributed by atoms with Crippen LogP contribution in [0.15, 0.2) is 41.3 Å². The number of aromatic nitrogens is 1. The number of pyridine rings is 1. The molecule has 2 aliphatic rings. The van der Waals surface area contributed by atoms with E-state index < -0.39 is 0 Å². The second kappa shape index (κ2) is 6.02. The van der Waals surface area contributed by atoms with Crippen molar-refractivity contribution in [3.8, 4) is 0 Å². The van der Waals surface area contributed by atoms with E-state index in [0.29, 0.717) is 30.8 Å². The zero-order valence-electron chi connectivity index (χ0n) is 14.2. The van der Waals surface area contributed by atoms with E-state index in [0.717, 1.165) is 18.4 Å². The molecule has 2 aromatic rings. The van der Waals surface area contributed by atoms with E-state index >= 15 is 0 Å². The van der Waals surface area contributed by atoms with Crippen LogP contribution in [-0.2, 0) is 4.79 Å². The van der Waals surface area contributed by atoms with Gasteiger partial charge in [-0.15, -0.1) is 0 Å². The number of piperidine rings is 1. The van der Waals surface area contributed by atoms with Crippen molar-refractivity contribution in [2.45, 2.75) is 37.6 Å². The molecule has 25 heavy (non-hydrogen) atoms. The quantitative estimate of drug-likeness (QED) is 0.911. The number of hydrogen-bond donors (Lipinski definition) is 1. The van der Waals surface area contributed by atoms with Gasteiger partial charge >= 0.3 is 0 Å². The molecule has 1 spiro atoms. The van der Waals surface area contributed by atoms with Crippen molar-refractivity contribution < 1.29 is 14.0 Å². The molecule has 1 unspecified atom stereocenters. The van der Waals surface area contributed by atoms with Crippen LogP contribution in [0.25, 0.3) is 0 Å². The smallest absolute Gasteiger partial charge is 0.257 e. The Bertz CT molecular complexity index is 791. The van der Waals surface area contributed by atoms with Crippen LogP contribution in [0.2, 0.25) is 0 Å². The summed E-state index contributed by atoms with van der Waals surface area (Å²) in [6.07, 6.45) is 7.12. The number of nitrogens with one attached hydrogen (secondary N) is 1. The third-order valence-corrected chi connectivity index (χ3v) is 5.56. The minimum Gasteiger partial charge on any atom is -0.469 e. The number of hydrogen-bond acceptors (Lipinski definition) is 4. The van der Waals surface area contributed by atoms with Crippen LogP contribution in [0.3, 0.4) is 0 Å². The van der Waals surface area contributed by atoms with E-state index in [4.69, 9.17) is 4.42 Å². The summed E-state index contributed by atoms with van der Waals surface area (Å²) >= 11 is 0. The number of carbonyl (C=O) groups excluding carboxylic acids is 2. The first kappa shape index (κ1) is 15.9. The van der Waals surface area contributed by atoms with Crippen molar-refractivity contribution in [1.29, 1.82) is 0 Å². The molecule has 2 saturated heterocycles. The van der Waals surface area contributed by atoms with Gasteiger partial charge in [-0.2, -0.15) is 0 Å². The number of likely N-dealkylation sites (tertiary alicyclic amines) is 1. The first-order valence-corrected chi connectivity index (χ1v) is 8.63. The number of nitrogens with zero attached hydrogens (tertiary/aromatic N) is 2. The molecule has 1 atom stereocenters. The Balaban J connectivity index is 1.52. The third-order valence-electron chi connectivity index (χ3n) is 5.56. The van der Waals surface area contributed by atoms with Gasteiger partial charge in [-0.3, -0.25) is 14.6 Å². The Hall–Kier alpha value is -2.63. The number of rotatable bonds is 2. The molecular weight excluding hydrogens is 318 g/mol. The molecule has 4 heterocycles. The Morgan fingerprint density at radius 1 is 1.36 bits per heavy atom. The molecule has 2 amide bonds. The van der Waals surface area contributed by atoms with Gasteiger partial charge < -0.3 is 14.6 Å². The lowest BCUT2D eigenvalue weighted by Gasteiger charge is -2.42. The van der Waals surface area contributed by atoms with Crippen LogP contribution < -0.4 is 5.32 Å². The summed E-state index contributed by atoms with van der Waals surface area (Å²) in [4.78, 5) is 30.9. The predicted octanol–water partition coefficient (Wildman–Crippen LogP) is 2.26. The van der Waals surface area contributed by atoms with Crippen LogP contribution in [0.4, 0.5) is 0 Å². The first-order valence-electron chi connectivity index (χ1n) is 8.63. The zero-order chi connectivity index (χ0) is 17.4. The molecule has 0 aliphatic carbocycles. The maximum Gasteiger partial charge on any atom is 0.257 e. The fraction of sp³-hybridized carbons (Fsp3) is 0.421. The number of aryl methyl sites for hydroxylation is 1. The first-order chi connectivity index (χ1) is 12.1. The van der Waals surface area contributed by atoms with Crippen molar-refractivity contribution in [2.75, 3.05) is 13.1 Å². The molecule has 0 bridgehead atoms. The number of amides is 2. The highest BCUT2D eigenvalue weighted by Gasteiger charge is 2.49. The van der Waals surface area contributed by atoms with E-state index in [1.165, 1.54) is 0 Å². The van der Waals surface area contributed by atoms with E-state index in [9.17, 15) is 9.59 Å². The van der Waals surface area contributed by atoms with Crippen LogP contribution in [0, 0.1) is 6.92 Å². The minimum absolute atomic E-state index is 0.00310. The highest BCUT2D eigenvalue weighted by atomic mass is 16.3. The highest BCUT2D eigenvalue weighted by Crippen LogP contribution is 2.43. The Morgan fingerprint density at radius 3 is 2.80 bits per heavy atom. The van der Waals surface area contributed by atoms with E-state index in [2.05, 4.69) is 10.3 Å². The van der Waals surface area contributed by atoms with Crippen molar-refractivity contribution in [2.24, 2.45) is 0 Å². The monoisotopic (exact) mass is 339 g/mol. The van der Waals surface area contributed by atoms with Crippen molar-refractivity contribution in [1.82, 2.24) is 15.2 Å². The lowest BCUT2D eigenvalue weighted by molar-refractivity contribution is -0.120. The maximum atomic E-state index is 12.7. The van der Waals surface area contributed by atoms with Crippen LogP contribution in [0.1, 0.15) is 46.9 Å². The number of carbonyl (C=O) groups is 2. The molecule has 4 rings (SSSR count). The van der Waals surface area contributed by atoms with E-state index in [1.807, 2.05) is 23.2 Å². The molecule has 6 nitrogen and oxygen atoms in total. The van der Waals surface area contributed by atoms with Gasteiger partial charge in [0, 0.05) is 37.8 Å². The normalized spacial score (nSPS) is 22.2. The highest BCUT2D eigenvalue weighted by molar-refractivity contribution is 5.95. The summed E-state index contributed by atoms with van der Waals surface area (Å²) in [5, 5.41) is 3.20. The SMILES string of the molecule is Cc1occc1C(=O)N1CCC2(CC1)NC(=O)CC2c1cccnc1. The molecule has 130 valence electrons. The molecule has 0 aromatic carbocycles. The number of furan rings is 1. The topological polar surface area (TPSA) is 75.4 Å². The molecule has 2 fully saturated rings. The Kier molecular flexibility index (Phi) is 3.82. The van der Waals surface area contributed by atoms with Crippen molar-refractivity contribution >= 4 is 11.8 Å². The minimum atomic E-state index is -0.275. The van der Waals surface area contributed by atoms with Gasteiger partial charge in [-0.1, -0.05) is 6.07 Å². The fourth-order valence-electron chi connectivity index (χ4n) is 4.18. The van der Waals surface area contributed by atoms with Crippen molar-refractivity contribution in [3.63, 3.8) is 0 Å². The standard InChI is InChI=1S/C19H21N3O3/c1-13-15(4-10-25-13)18(24)22-8-5-19(6-9-22)16(11-17(23)21-19)14-3-2-7-20-12-14/h2-4,7,10,12,16H,5-6,8-9,11H2,1H3,(H,21,23). The zero-order valence-corrected chi connectivity index (χ0v) is 14.2. The van der Waals surface area contributed by atoms with Gasteiger partial charge in [0.05, 0.1) is 17.4 Å². The lowest BCUT2D eigenvalue weighted by Crippen LogP contribution is -2.54. The Labute approximate surface area is 146 Å². The van der Waals surface area contributed by atoms with E-state index in [-0.39, 0.29) is 23.3 Å². The van der Waals surface area contributed by atoms with Crippen LogP contribution in [0.5, 0.6) is 0 Å². The second-order valence-electron chi connectivity index (χ2n) is 6.93. The van der Waals surface area contributed by atoms with E-state index in [1.54, 1.807) is 25.5 Å². The third kappa shape index (κ3) is 2.71. The lowest BCUT2D eigenvalue weighted by atomic mass is 9.74. The maximum absolute atomic E-state index is 12.7. The molecule has 1 N–H and O–H groups in total. The molecular formula is C19H21N3O3. The summed E-state index contributed by atoms with van der Waals surface area (Å²) in [7, 11) is 0.